The number of carbonyl (C=O) groups is 1. The molecule has 4 heteroatoms. The van der Waals surface area contributed by atoms with Crippen molar-refractivity contribution in [2.75, 3.05) is 12.4 Å². The molecule has 0 fully saturated rings. The summed E-state index contributed by atoms with van der Waals surface area (Å²) in [5, 5.41) is 6.36. The third-order valence-corrected chi connectivity index (χ3v) is 6.72. The third-order valence-electron chi connectivity index (χ3n) is 6.72. The molecule has 1 amide bonds. The zero-order valence-corrected chi connectivity index (χ0v) is 21.2. The maximum atomic E-state index is 12.9. The van der Waals surface area contributed by atoms with E-state index in [2.05, 4.69) is 47.8 Å². The Kier molecular flexibility index (Phi) is 6.11. The molecule has 1 N–H and O–H groups in total. The van der Waals surface area contributed by atoms with Crippen molar-refractivity contribution >= 4 is 38.9 Å². The van der Waals surface area contributed by atoms with E-state index in [1.165, 1.54) is 10.8 Å². The number of benzene rings is 4. The molecule has 5 aromatic rings. The number of amides is 1. The van der Waals surface area contributed by atoms with Gasteiger partial charge in [0.1, 0.15) is 11.3 Å². The van der Waals surface area contributed by atoms with E-state index >= 15 is 0 Å². The van der Waals surface area contributed by atoms with Gasteiger partial charge in [0.15, 0.2) is 0 Å². The number of carbonyl (C=O) groups excluding carboxylic acids is 1. The standard InChI is InChI=1S/C32H29NO3/c1-19-10-13-29(21(3)14-19)33-30(34)15-20(2)26-17-27-28(18-36-32(27)22(4)31(26)35-5)25-12-11-23-8-6-7-9-24(23)16-25/h6-18H,1-5H3,(H,33,34)/b20-15+. The fourth-order valence-corrected chi connectivity index (χ4v) is 4.85. The van der Waals surface area contributed by atoms with Crippen molar-refractivity contribution in [2.45, 2.75) is 27.7 Å². The highest BCUT2D eigenvalue weighted by Crippen LogP contribution is 2.41. The zero-order valence-electron chi connectivity index (χ0n) is 21.2. The van der Waals surface area contributed by atoms with Crippen LogP contribution in [0.5, 0.6) is 5.75 Å². The van der Waals surface area contributed by atoms with Crippen LogP contribution in [-0.4, -0.2) is 13.0 Å². The topological polar surface area (TPSA) is 51.5 Å². The Balaban J connectivity index is 1.57. The van der Waals surface area contributed by atoms with Gasteiger partial charge in [-0.15, -0.1) is 0 Å². The number of rotatable bonds is 5. The number of hydrogen-bond acceptors (Lipinski definition) is 3. The minimum atomic E-state index is -0.179. The first kappa shape index (κ1) is 23.4. The van der Waals surface area contributed by atoms with E-state index in [1.807, 2.05) is 52.0 Å². The van der Waals surface area contributed by atoms with Crippen LogP contribution in [-0.2, 0) is 4.79 Å². The lowest BCUT2D eigenvalue weighted by Crippen LogP contribution is -2.10. The molecule has 1 aromatic heterocycles. The molecule has 0 saturated heterocycles. The normalized spacial score (nSPS) is 11.8. The summed E-state index contributed by atoms with van der Waals surface area (Å²) in [6.45, 7) is 7.95. The maximum Gasteiger partial charge on any atom is 0.248 e. The molecule has 0 aliphatic carbocycles. The molecule has 4 nitrogen and oxygen atoms in total. The van der Waals surface area contributed by atoms with E-state index in [0.29, 0.717) is 5.75 Å². The summed E-state index contributed by atoms with van der Waals surface area (Å²) in [7, 11) is 1.65. The molecule has 0 saturated carbocycles. The summed E-state index contributed by atoms with van der Waals surface area (Å²) in [5.41, 5.74) is 8.45. The average molecular weight is 476 g/mol. The smallest absolute Gasteiger partial charge is 0.248 e. The summed E-state index contributed by atoms with van der Waals surface area (Å²) in [6.07, 6.45) is 3.43. The van der Waals surface area contributed by atoms with Crippen molar-refractivity contribution in [3.63, 3.8) is 0 Å². The fraction of sp³-hybridized carbons (Fsp3) is 0.156. The number of anilines is 1. The maximum absolute atomic E-state index is 12.9. The van der Waals surface area contributed by atoms with E-state index in [-0.39, 0.29) is 5.91 Å². The Bertz CT molecular complexity index is 1660. The molecule has 0 unspecified atom stereocenters. The van der Waals surface area contributed by atoms with E-state index < -0.39 is 0 Å². The molecule has 0 atom stereocenters. The number of hydrogen-bond donors (Lipinski definition) is 1. The van der Waals surface area contributed by atoms with Gasteiger partial charge in [-0.3, -0.25) is 4.79 Å². The van der Waals surface area contributed by atoms with Gasteiger partial charge in [0, 0.05) is 33.8 Å². The number of ether oxygens (including phenoxy) is 1. The second kappa shape index (κ2) is 9.38. The van der Waals surface area contributed by atoms with Gasteiger partial charge in [-0.2, -0.15) is 0 Å². The first-order chi connectivity index (χ1) is 17.4. The van der Waals surface area contributed by atoms with Crippen LogP contribution in [0.2, 0.25) is 0 Å². The van der Waals surface area contributed by atoms with Crippen LogP contribution in [0.15, 0.2) is 83.5 Å². The largest absolute Gasteiger partial charge is 0.496 e. The molecule has 0 spiro atoms. The highest BCUT2D eigenvalue weighted by Gasteiger charge is 2.19. The second-order valence-corrected chi connectivity index (χ2v) is 9.31. The van der Waals surface area contributed by atoms with Crippen molar-refractivity contribution in [1.29, 1.82) is 0 Å². The number of methoxy groups -OCH3 is 1. The summed E-state index contributed by atoms with van der Waals surface area (Å²) in [6, 6.07) is 22.8. The van der Waals surface area contributed by atoms with Gasteiger partial charge < -0.3 is 14.5 Å². The fourth-order valence-electron chi connectivity index (χ4n) is 4.85. The predicted octanol–water partition coefficient (Wildman–Crippen LogP) is 8.23. The number of allylic oxidation sites excluding steroid dienone is 1. The Hall–Kier alpha value is -4.31. The Morgan fingerprint density at radius 1 is 0.944 bits per heavy atom. The molecule has 36 heavy (non-hydrogen) atoms. The van der Waals surface area contributed by atoms with Crippen LogP contribution in [0.4, 0.5) is 5.69 Å². The van der Waals surface area contributed by atoms with Gasteiger partial charge in [0.2, 0.25) is 5.91 Å². The second-order valence-electron chi connectivity index (χ2n) is 9.31. The molecule has 180 valence electrons. The molecule has 1 heterocycles. The highest BCUT2D eigenvalue weighted by atomic mass is 16.5. The van der Waals surface area contributed by atoms with Gasteiger partial charge in [-0.05, 0) is 73.4 Å². The minimum Gasteiger partial charge on any atom is -0.496 e. The van der Waals surface area contributed by atoms with E-state index in [9.17, 15) is 4.79 Å². The van der Waals surface area contributed by atoms with Crippen LogP contribution < -0.4 is 10.1 Å². The van der Waals surface area contributed by atoms with Crippen molar-refractivity contribution in [3.05, 3.63) is 101 Å². The number of aryl methyl sites for hydroxylation is 3. The quantitative estimate of drug-likeness (QED) is 0.261. The average Bonchev–Trinajstić information content (AvgIpc) is 3.29. The monoisotopic (exact) mass is 475 g/mol. The van der Waals surface area contributed by atoms with Gasteiger partial charge in [-0.1, -0.05) is 54.1 Å². The summed E-state index contributed by atoms with van der Waals surface area (Å²) in [4.78, 5) is 12.9. The Morgan fingerprint density at radius 3 is 2.47 bits per heavy atom. The molecule has 0 aliphatic rings. The van der Waals surface area contributed by atoms with Crippen molar-refractivity contribution in [1.82, 2.24) is 0 Å². The molecule has 0 bridgehead atoms. The molecular weight excluding hydrogens is 446 g/mol. The molecule has 0 radical (unpaired) electrons. The van der Waals surface area contributed by atoms with Crippen LogP contribution in [0.25, 0.3) is 38.4 Å². The zero-order chi connectivity index (χ0) is 25.4. The highest BCUT2D eigenvalue weighted by molar-refractivity contribution is 6.06. The minimum absolute atomic E-state index is 0.179. The summed E-state index contributed by atoms with van der Waals surface area (Å²) >= 11 is 0. The first-order valence-electron chi connectivity index (χ1n) is 12.0. The summed E-state index contributed by atoms with van der Waals surface area (Å²) < 4.78 is 11.8. The lowest BCUT2D eigenvalue weighted by molar-refractivity contribution is -0.111. The molecule has 0 aliphatic heterocycles. The van der Waals surface area contributed by atoms with Gasteiger partial charge >= 0.3 is 0 Å². The van der Waals surface area contributed by atoms with Crippen molar-refractivity contribution in [2.24, 2.45) is 0 Å². The van der Waals surface area contributed by atoms with E-state index in [4.69, 9.17) is 9.15 Å². The van der Waals surface area contributed by atoms with Crippen molar-refractivity contribution in [3.8, 4) is 16.9 Å². The number of nitrogens with one attached hydrogen (secondary N) is 1. The van der Waals surface area contributed by atoms with Crippen LogP contribution in [0.3, 0.4) is 0 Å². The van der Waals surface area contributed by atoms with Crippen LogP contribution in [0.1, 0.15) is 29.2 Å². The summed E-state index contributed by atoms with van der Waals surface area (Å²) in [5.74, 6) is 0.524. The SMILES string of the molecule is COc1c(/C(C)=C/C(=O)Nc2ccc(C)cc2C)cc2c(-c3ccc4ccccc4c3)coc2c1C. The molecule has 5 rings (SSSR count). The van der Waals surface area contributed by atoms with Crippen LogP contribution in [0, 0.1) is 20.8 Å². The first-order valence-corrected chi connectivity index (χ1v) is 12.0. The van der Waals surface area contributed by atoms with E-state index in [1.54, 1.807) is 19.4 Å². The third kappa shape index (κ3) is 4.27. The predicted molar refractivity (Wildman–Crippen MR) is 149 cm³/mol. The molecular formula is C32H29NO3. The lowest BCUT2D eigenvalue weighted by atomic mass is 9.95. The molecule has 4 aromatic carbocycles. The Morgan fingerprint density at radius 2 is 1.72 bits per heavy atom. The van der Waals surface area contributed by atoms with Gasteiger partial charge in [-0.25, -0.2) is 0 Å². The Labute approximate surface area is 211 Å². The lowest BCUT2D eigenvalue weighted by Gasteiger charge is -2.14. The number of fused-ring (bicyclic) bond motifs is 2. The number of furan rings is 1. The van der Waals surface area contributed by atoms with Gasteiger partial charge in [0.05, 0.1) is 13.4 Å². The van der Waals surface area contributed by atoms with Crippen molar-refractivity contribution < 1.29 is 13.9 Å². The van der Waals surface area contributed by atoms with E-state index in [0.717, 1.165) is 55.6 Å². The van der Waals surface area contributed by atoms with Gasteiger partial charge in [0.25, 0.3) is 0 Å². The van der Waals surface area contributed by atoms with Crippen LogP contribution >= 0.6 is 0 Å².